The van der Waals surface area contributed by atoms with Crippen LogP contribution in [0.25, 0.3) is 11.1 Å². The van der Waals surface area contributed by atoms with Gasteiger partial charge in [0.1, 0.15) is 4.90 Å². The summed E-state index contributed by atoms with van der Waals surface area (Å²) >= 11 is 0. The largest absolute Gasteiger partial charge is 0.419 e. The lowest BCUT2D eigenvalue weighted by molar-refractivity contribution is 0.522. The third-order valence-corrected chi connectivity index (χ3v) is 3.39. The number of aromatic nitrogens is 1. The second kappa shape index (κ2) is 3.11. The molecule has 1 heterocycles. The number of hydrogen-bond donors (Lipinski definition) is 0. The van der Waals surface area contributed by atoms with Gasteiger partial charge >= 0.3 is 5.76 Å². The minimum atomic E-state index is -3.91. The molecule has 0 N–H and O–H groups in total. The molecule has 2 aromatic rings. The smallest absolute Gasteiger partial charge is 0.406 e. The van der Waals surface area contributed by atoms with E-state index in [1.165, 1.54) is 23.7 Å². The second-order valence-electron chi connectivity index (χ2n) is 2.97. The number of halogens is 1. The summed E-state index contributed by atoms with van der Waals surface area (Å²) in [6.45, 7) is 0. The van der Waals surface area contributed by atoms with Crippen molar-refractivity contribution in [1.82, 2.24) is 4.57 Å². The molecule has 1 aromatic carbocycles. The number of nitrogens with zero attached hydrogens (tertiary/aromatic N) is 1. The Labute approximate surface area is 89.3 Å². The highest BCUT2D eigenvalue weighted by atomic mass is 35.7. The van der Waals surface area contributed by atoms with Gasteiger partial charge in [-0.25, -0.2) is 13.2 Å². The lowest BCUT2D eigenvalue weighted by atomic mass is 10.3. The molecule has 15 heavy (non-hydrogen) atoms. The van der Waals surface area contributed by atoms with E-state index < -0.39 is 14.8 Å². The van der Waals surface area contributed by atoms with Gasteiger partial charge in [0.05, 0.1) is 5.52 Å². The van der Waals surface area contributed by atoms with Crippen LogP contribution < -0.4 is 5.76 Å². The maximum atomic E-state index is 11.2. The highest BCUT2D eigenvalue weighted by Crippen LogP contribution is 2.24. The van der Waals surface area contributed by atoms with E-state index in [1.807, 2.05) is 0 Å². The first-order chi connectivity index (χ1) is 6.91. The molecule has 80 valence electrons. The fourth-order valence-corrected chi connectivity index (χ4v) is 2.29. The van der Waals surface area contributed by atoms with Crippen molar-refractivity contribution in [1.29, 1.82) is 0 Å². The third kappa shape index (κ3) is 1.55. The summed E-state index contributed by atoms with van der Waals surface area (Å²) in [7, 11) is 2.78. The van der Waals surface area contributed by atoms with Gasteiger partial charge in [-0.3, -0.25) is 4.57 Å². The fourth-order valence-electron chi connectivity index (χ4n) is 1.32. The molecule has 0 spiro atoms. The molecular formula is C8H6ClNO4S. The van der Waals surface area contributed by atoms with Gasteiger partial charge in [-0.1, -0.05) is 6.07 Å². The Morgan fingerprint density at radius 1 is 1.40 bits per heavy atom. The zero-order chi connectivity index (χ0) is 11.2. The first kappa shape index (κ1) is 10.3. The third-order valence-electron chi connectivity index (χ3n) is 2.05. The van der Waals surface area contributed by atoms with Crippen molar-refractivity contribution in [2.45, 2.75) is 4.90 Å². The minimum Gasteiger partial charge on any atom is -0.406 e. The van der Waals surface area contributed by atoms with E-state index >= 15 is 0 Å². The molecule has 0 radical (unpaired) electrons. The van der Waals surface area contributed by atoms with Crippen LogP contribution in [0.15, 0.2) is 32.3 Å². The molecule has 0 saturated carbocycles. The van der Waals surface area contributed by atoms with Crippen molar-refractivity contribution < 1.29 is 12.8 Å². The maximum absolute atomic E-state index is 11.2. The molecule has 0 saturated heterocycles. The van der Waals surface area contributed by atoms with Gasteiger partial charge in [-0.15, -0.1) is 0 Å². The van der Waals surface area contributed by atoms with E-state index in [-0.39, 0.29) is 10.5 Å². The number of rotatable bonds is 1. The molecule has 2 rings (SSSR count). The van der Waals surface area contributed by atoms with Crippen molar-refractivity contribution in [3.63, 3.8) is 0 Å². The van der Waals surface area contributed by atoms with E-state index in [0.717, 1.165) is 0 Å². The van der Waals surface area contributed by atoms with Gasteiger partial charge in [0.2, 0.25) is 0 Å². The Kier molecular flexibility index (Phi) is 2.13. The maximum Gasteiger partial charge on any atom is 0.419 e. The van der Waals surface area contributed by atoms with Crippen LogP contribution in [0.2, 0.25) is 0 Å². The first-order valence-electron chi connectivity index (χ1n) is 3.94. The van der Waals surface area contributed by atoms with Crippen LogP contribution in [0.5, 0.6) is 0 Å². The lowest BCUT2D eigenvalue weighted by Gasteiger charge is -1.96. The molecule has 0 aliphatic rings. The van der Waals surface area contributed by atoms with Gasteiger partial charge in [-0.2, -0.15) is 0 Å². The Balaban J connectivity index is 3.02. The highest BCUT2D eigenvalue weighted by molar-refractivity contribution is 8.13. The van der Waals surface area contributed by atoms with E-state index in [4.69, 9.17) is 15.1 Å². The van der Waals surface area contributed by atoms with E-state index in [1.54, 1.807) is 6.07 Å². The van der Waals surface area contributed by atoms with Crippen LogP contribution in [0, 0.1) is 0 Å². The molecule has 0 amide bonds. The van der Waals surface area contributed by atoms with Crippen molar-refractivity contribution >= 4 is 30.8 Å². The van der Waals surface area contributed by atoms with Crippen molar-refractivity contribution in [3.05, 3.63) is 28.7 Å². The molecule has 1 aromatic heterocycles. The Morgan fingerprint density at radius 3 is 2.67 bits per heavy atom. The molecule has 0 atom stereocenters. The number of para-hydroxylation sites is 1. The summed E-state index contributed by atoms with van der Waals surface area (Å²) in [5.74, 6) is -0.627. The van der Waals surface area contributed by atoms with Crippen LogP contribution in [0.1, 0.15) is 0 Å². The van der Waals surface area contributed by atoms with Gasteiger partial charge in [0.15, 0.2) is 5.58 Å². The van der Waals surface area contributed by atoms with Crippen LogP contribution >= 0.6 is 10.7 Å². The topological polar surface area (TPSA) is 69.3 Å². The summed E-state index contributed by atoms with van der Waals surface area (Å²) in [4.78, 5) is 11.0. The van der Waals surface area contributed by atoms with Crippen molar-refractivity contribution in [3.8, 4) is 0 Å². The number of fused-ring (bicyclic) bond motifs is 1. The molecule has 0 unspecified atom stereocenters. The van der Waals surface area contributed by atoms with Gasteiger partial charge < -0.3 is 4.42 Å². The molecule has 5 nitrogen and oxygen atoms in total. The predicted molar refractivity (Wildman–Crippen MR) is 54.5 cm³/mol. The Morgan fingerprint density at radius 2 is 2.07 bits per heavy atom. The highest BCUT2D eigenvalue weighted by Gasteiger charge is 2.18. The first-order valence-corrected chi connectivity index (χ1v) is 6.25. The van der Waals surface area contributed by atoms with Crippen molar-refractivity contribution in [2.24, 2.45) is 7.05 Å². The van der Waals surface area contributed by atoms with Crippen LogP contribution in [0.3, 0.4) is 0 Å². The standard InChI is InChI=1S/C8H6ClNO4S/c1-10-5-3-2-4-6(15(9,12)13)7(5)14-8(10)11/h2-4H,1H3. The quantitative estimate of drug-likeness (QED) is 0.707. The van der Waals surface area contributed by atoms with Crippen LogP contribution in [-0.4, -0.2) is 13.0 Å². The second-order valence-corrected chi connectivity index (χ2v) is 5.50. The van der Waals surface area contributed by atoms with E-state index in [2.05, 4.69) is 0 Å². The van der Waals surface area contributed by atoms with Crippen LogP contribution in [-0.2, 0) is 16.1 Å². The van der Waals surface area contributed by atoms with Gasteiger partial charge in [0, 0.05) is 17.7 Å². The molecule has 0 bridgehead atoms. The predicted octanol–water partition coefficient (Wildman–Crippen LogP) is 1.06. The van der Waals surface area contributed by atoms with E-state index in [0.29, 0.717) is 5.52 Å². The number of hydrogen-bond acceptors (Lipinski definition) is 4. The summed E-state index contributed by atoms with van der Waals surface area (Å²) in [6, 6.07) is 4.35. The monoisotopic (exact) mass is 247 g/mol. The normalized spacial score (nSPS) is 12.1. The minimum absolute atomic E-state index is 0.0139. The number of oxazole rings is 1. The molecular weight excluding hydrogens is 242 g/mol. The lowest BCUT2D eigenvalue weighted by Crippen LogP contribution is -2.08. The molecule has 0 fully saturated rings. The number of benzene rings is 1. The summed E-state index contributed by atoms with van der Waals surface area (Å²) < 4.78 is 28.3. The van der Waals surface area contributed by atoms with Gasteiger partial charge in [-0.05, 0) is 12.1 Å². The summed E-state index contributed by atoms with van der Waals surface area (Å²) in [6.07, 6.45) is 0. The van der Waals surface area contributed by atoms with E-state index in [9.17, 15) is 13.2 Å². The Hall–Kier alpha value is -1.27. The molecule has 7 heteroatoms. The zero-order valence-corrected chi connectivity index (χ0v) is 9.17. The summed E-state index contributed by atoms with van der Waals surface area (Å²) in [5.41, 5.74) is 0.377. The Bertz CT molecular complexity index is 682. The average Bonchev–Trinajstić information content (AvgIpc) is 2.41. The fraction of sp³-hybridized carbons (Fsp3) is 0.125. The van der Waals surface area contributed by atoms with Gasteiger partial charge in [0.25, 0.3) is 9.05 Å². The van der Waals surface area contributed by atoms with Crippen molar-refractivity contribution in [2.75, 3.05) is 0 Å². The summed E-state index contributed by atoms with van der Waals surface area (Å²) in [5, 5.41) is 0. The average molecular weight is 248 g/mol. The zero-order valence-electron chi connectivity index (χ0n) is 7.60. The molecule has 0 aliphatic carbocycles. The number of aryl methyl sites for hydroxylation is 1. The van der Waals surface area contributed by atoms with Crippen LogP contribution in [0.4, 0.5) is 0 Å². The molecule has 0 aliphatic heterocycles. The SMILES string of the molecule is Cn1c(=O)oc2c(S(=O)(=O)Cl)cccc21.